The van der Waals surface area contributed by atoms with Gasteiger partial charge in [0.2, 0.25) is 11.8 Å². The Morgan fingerprint density at radius 2 is 1.72 bits per heavy atom. The van der Waals surface area contributed by atoms with Gasteiger partial charge in [0.05, 0.1) is 42.4 Å². The number of benzene rings is 1. The summed E-state index contributed by atoms with van der Waals surface area (Å²) in [5, 5.41) is 0. The highest BCUT2D eigenvalue weighted by atomic mass is 16.5. The molecular formula is C19H20N2O4. The molecule has 3 saturated heterocycles. The Kier molecular flexibility index (Phi) is 3.12. The third-order valence-corrected chi connectivity index (χ3v) is 5.81. The van der Waals surface area contributed by atoms with Crippen molar-refractivity contribution in [2.75, 3.05) is 36.1 Å². The van der Waals surface area contributed by atoms with Gasteiger partial charge in [-0.3, -0.25) is 9.59 Å². The molecule has 3 fully saturated rings. The zero-order valence-corrected chi connectivity index (χ0v) is 14.1. The molecule has 1 aromatic rings. The second-order valence-corrected chi connectivity index (χ2v) is 7.26. The van der Waals surface area contributed by atoms with Gasteiger partial charge in [0.1, 0.15) is 0 Å². The Labute approximate surface area is 146 Å². The first-order valence-corrected chi connectivity index (χ1v) is 8.76. The van der Waals surface area contributed by atoms with Gasteiger partial charge in [-0.2, -0.15) is 0 Å². The number of anilines is 2. The van der Waals surface area contributed by atoms with E-state index in [-0.39, 0.29) is 23.8 Å². The van der Waals surface area contributed by atoms with Gasteiger partial charge in [-0.15, -0.1) is 0 Å². The van der Waals surface area contributed by atoms with Crippen molar-refractivity contribution in [2.45, 2.75) is 18.6 Å². The van der Waals surface area contributed by atoms with Crippen molar-refractivity contribution in [3.8, 4) is 0 Å². The van der Waals surface area contributed by atoms with E-state index in [0.717, 1.165) is 32.0 Å². The van der Waals surface area contributed by atoms with Crippen LogP contribution >= 0.6 is 0 Å². The van der Waals surface area contributed by atoms with E-state index >= 15 is 0 Å². The van der Waals surface area contributed by atoms with Crippen molar-refractivity contribution in [3.05, 3.63) is 36.4 Å². The van der Waals surface area contributed by atoms with Crippen LogP contribution in [-0.2, 0) is 19.1 Å². The number of hydrogen-bond donors (Lipinski definition) is 0. The Bertz CT molecular complexity index is 768. The number of rotatable bonds is 2. The van der Waals surface area contributed by atoms with Crippen LogP contribution in [0.2, 0.25) is 0 Å². The Balaban J connectivity index is 1.42. The van der Waals surface area contributed by atoms with Crippen LogP contribution in [0, 0.1) is 11.8 Å². The fraction of sp³-hybridized carbons (Fsp3) is 0.474. The fourth-order valence-corrected chi connectivity index (χ4v) is 4.54. The van der Waals surface area contributed by atoms with Crippen molar-refractivity contribution in [3.63, 3.8) is 0 Å². The number of ether oxygens (including phenoxy) is 2. The summed E-state index contributed by atoms with van der Waals surface area (Å²) in [6.45, 7) is 5.05. The molecule has 0 N–H and O–H groups in total. The third kappa shape index (κ3) is 2.04. The number of carbonyl (C=O) groups is 2. The van der Waals surface area contributed by atoms with Crippen LogP contribution in [0.25, 0.3) is 0 Å². The molecule has 0 radical (unpaired) electrons. The summed E-state index contributed by atoms with van der Waals surface area (Å²) in [6, 6.07) is 7.67. The monoisotopic (exact) mass is 340 g/mol. The standard InChI is InChI=1S/C19H20N2O4/c1-19-7-6-14(25-19)15-16(19)18(23)21(17(15)22)13-4-2-12(3-5-13)20-8-10-24-11-9-20/h2-7,14-16H,8-11H2,1H3/t14-,15?,16?,19+/m0/s1. The van der Waals surface area contributed by atoms with Crippen LogP contribution in [0.4, 0.5) is 11.4 Å². The molecule has 6 heteroatoms. The summed E-state index contributed by atoms with van der Waals surface area (Å²) in [7, 11) is 0. The van der Waals surface area contributed by atoms with Crippen LogP contribution in [-0.4, -0.2) is 49.8 Å². The van der Waals surface area contributed by atoms with E-state index in [1.807, 2.05) is 43.3 Å². The minimum Gasteiger partial charge on any atom is -0.378 e. The molecule has 2 amide bonds. The molecule has 2 unspecified atom stereocenters. The predicted octanol–water partition coefficient (Wildman–Crippen LogP) is 1.36. The molecule has 4 aliphatic heterocycles. The molecular weight excluding hydrogens is 320 g/mol. The van der Waals surface area contributed by atoms with E-state index in [0.29, 0.717) is 5.69 Å². The molecule has 5 rings (SSSR count). The van der Waals surface area contributed by atoms with Crippen molar-refractivity contribution >= 4 is 23.2 Å². The Morgan fingerprint density at radius 3 is 2.40 bits per heavy atom. The maximum atomic E-state index is 12.9. The summed E-state index contributed by atoms with van der Waals surface area (Å²) >= 11 is 0. The van der Waals surface area contributed by atoms with Crippen molar-refractivity contribution in [1.82, 2.24) is 0 Å². The van der Waals surface area contributed by atoms with Crippen molar-refractivity contribution < 1.29 is 19.1 Å². The lowest BCUT2D eigenvalue weighted by Crippen LogP contribution is -2.38. The van der Waals surface area contributed by atoms with Gasteiger partial charge in [0, 0.05) is 18.8 Å². The lowest BCUT2D eigenvalue weighted by Gasteiger charge is -2.29. The number of carbonyl (C=O) groups excluding carboxylic acids is 2. The first-order valence-electron chi connectivity index (χ1n) is 8.76. The highest BCUT2D eigenvalue weighted by molar-refractivity contribution is 6.23. The number of nitrogens with zero attached hydrogens (tertiary/aromatic N) is 2. The van der Waals surface area contributed by atoms with Gasteiger partial charge < -0.3 is 14.4 Å². The SMILES string of the molecule is C[C@]12C=C[C@H](O1)C1C(=O)N(c3ccc(N4CCOCC4)cc3)C(=O)C12. The number of morpholine rings is 1. The largest absolute Gasteiger partial charge is 0.378 e. The van der Waals surface area contributed by atoms with Gasteiger partial charge in [-0.25, -0.2) is 4.90 Å². The van der Waals surface area contributed by atoms with Gasteiger partial charge in [0.25, 0.3) is 0 Å². The van der Waals surface area contributed by atoms with E-state index in [1.54, 1.807) is 0 Å². The first-order chi connectivity index (χ1) is 12.1. The number of amides is 2. The van der Waals surface area contributed by atoms with Crippen LogP contribution in [0.3, 0.4) is 0 Å². The molecule has 25 heavy (non-hydrogen) atoms. The molecule has 130 valence electrons. The van der Waals surface area contributed by atoms with E-state index in [9.17, 15) is 9.59 Å². The highest BCUT2D eigenvalue weighted by Crippen LogP contribution is 2.52. The lowest BCUT2D eigenvalue weighted by molar-refractivity contribution is -0.126. The van der Waals surface area contributed by atoms with E-state index < -0.39 is 11.5 Å². The van der Waals surface area contributed by atoms with Crippen LogP contribution in [0.1, 0.15) is 6.92 Å². The highest BCUT2D eigenvalue weighted by Gasteiger charge is 2.66. The topological polar surface area (TPSA) is 59.1 Å². The summed E-state index contributed by atoms with van der Waals surface area (Å²) < 4.78 is 11.2. The smallest absolute Gasteiger partial charge is 0.241 e. The average Bonchev–Trinajstić information content (AvgIpc) is 3.25. The Hall–Kier alpha value is -2.18. The normalized spacial score (nSPS) is 36.4. The first kappa shape index (κ1) is 15.1. The van der Waals surface area contributed by atoms with Gasteiger partial charge in [-0.05, 0) is 31.2 Å². The van der Waals surface area contributed by atoms with E-state index in [1.165, 1.54) is 4.90 Å². The Morgan fingerprint density at radius 1 is 1.04 bits per heavy atom. The van der Waals surface area contributed by atoms with Crippen LogP contribution in [0.5, 0.6) is 0 Å². The number of imide groups is 1. The van der Waals surface area contributed by atoms with Crippen molar-refractivity contribution in [1.29, 1.82) is 0 Å². The lowest BCUT2D eigenvalue weighted by atomic mass is 9.78. The van der Waals surface area contributed by atoms with E-state index in [4.69, 9.17) is 9.47 Å². The quantitative estimate of drug-likeness (QED) is 0.601. The van der Waals surface area contributed by atoms with E-state index in [2.05, 4.69) is 4.90 Å². The molecule has 0 aliphatic carbocycles. The second-order valence-electron chi connectivity index (χ2n) is 7.26. The average molecular weight is 340 g/mol. The molecule has 6 nitrogen and oxygen atoms in total. The van der Waals surface area contributed by atoms with Gasteiger partial charge >= 0.3 is 0 Å². The second kappa shape index (κ2) is 5.16. The summed E-state index contributed by atoms with van der Waals surface area (Å²) in [5.41, 5.74) is 1.08. The molecule has 4 atom stereocenters. The molecule has 4 heterocycles. The maximum Gasteiger partial charge on any atom is 0.241 e. The molecule has 4 aliphatic rings. The number of fused-ring (bicyclic) bond motifs is 5. The third-order valence-electron chi connectivity index (χ3n) is 5.81. The molecule has 0 spiro atoms. The number of hydrogen-bond acceptors (Lipinski definition) is 5. The summed E-state index contributed by atoms with van der Waals surface area (Å²) in [5.74, 6) is -1.09. The van der Waals surface area contributed by atoms with Crippen molar-refractivity contribution in [2.24, 2.45) is 11.8 Å². The molecule has 0 aromatic heterocycles. The van der Waals surface area contributed by atoms with Gasteiger partial charge in [-0.1, -0.05) is 12.2 Å². The molecule has 2 bridgehead atoms. The zero-order chi connectivity index (χ0) is 17.2. The minimum absolute atomic E-state index is 0.146. The summed E-state index contributed by atoms with van der Waals surface area (Å²) in [6.07, 6.45) is 3.57. The zero-order valence-electron chi connectivity index (χ0n) is 14.1. The molecule has 1 aromatic carbocycles. The van der Waals surface area contributed by atoms with Gasteiger partial charge in [0.15, 0.2) is 0 Å². The predicted molar refractivity (Wildman–Crippen MR) is 91.4 cm³/mol. The van der Waals surface area contributed by atoms with Crippen LogP contribution < -0.4 is 9.80 Å². The fourth-order valence-electron chi connectivity index (χ4n) is 4.54. The maximum absolute atomic E-state index is 12.9. The summed E-state index contributed by atoms with van der Waals surface area (Å²) in [4.78, 5) is 29.4. The minimum atomic E-state index is -0.648. The molecule has 0 saturated carbocycles. The van der Waals surface area contributed by atoms with Crippen LogP contribution in [0.15, 0.2) is 36.4 Å².